The lowest BCUT2D eigenvalue weighted by molar-refractivity contribution is -0.384. The van der Waals surface area contributed by atoms with E-state index < -0.39 is 4.92 Å². The maximum absolute atomic E-state index is 10.6. The average molecular weight is 426 g/mol. The van der Waals surface area contributed by atoms with Crippen molar-refractivity contribution in [1.82, 2.24) is 0 Å². The van der Waals surface area contributed by atoms with E-state index >= 15 is 0 Å². The van der Waals surface area contributed by atoms with E-state index in [0.717, 1.165) is 22.4 Å². The van der Waals surface area contributed by atoms with Gasteiger partial charge in [0.15, 0.2) is 5.96 Å². The second-order valence-electron chi connectivity index (χ2n) is 5.13. The molecule has 23 heavy (non-hydrogen) atoms. The Bertz CT molecular complexity index is 694. The Labute approximate surface area is 152 Å². The topological polar surface area (TPSA) is 93.5 Å². The number of nitrogens with one attached hydrogen (secondary N) is 1. The summed E-state index contributed by atoms with van der Waals surface area (Å²) in [4.78, 5) is 14.4. The lowest BCUT2D eigenvalue weighted by Crippen LogP contribution is -2.22. The van der Waals surface area contributed by atoms with Crippen molar-refractivity contribution in [1.29, 1.82) is 0 Å². The van der Waals surface area contributed by atoms with Gasteiger partial charge in [0.2, 0.25) is 0 Å². The van der Waals surface area contributed by atoms with Crippen molar-refractivity contribution >= 4 is 41.3 Å². The number of nitrogens with zero attached hydrogens (tertiary/aromatic N) is 2. The second kappa shape index (κ2) is 8.47. The van der Waals surface area contributed by atoms with Crippen LogP contribution in [0.25, 0.3) is 0 Å². The summed E-state index contributed by atoms with van der Waals surface area (Å²) in [6.07, 6.45) is 0. The van der Waals surface area contributed by atoms with Gasteiger partial charge in [-0.05, 0) is 42.7 Å². The molecule has 2 aromatic carbocycles. The summed E-state index contributed by atoms with van der Waals surface area (Å²) in [5, 5.41) is 13.6. The number of non-ortho nitro benzene ring substituents is 1. The summed E-state index contributed by atoms with van der Waals surface area (Å²) in [5.41, 5.74) is 9.96. The first kappa shape index (κ1) is 18.9. The summed E-state index contributed by atoms with van der Waals surface area (Å²) in [7, 11) is 0. The highest BCUT2D eigenvalue weighted by Gasteiger charge is 2.03. The third-order valence-electron chi connectivity index (χ3n) is 3.07. The van der Waals surface area contributed by atoms with Crippen LogP contribution in [-0.2, 0) is 6.54 Å². The Morgan fingerprint density at radius 2 is 1.74 bits per heavy atom. The molecule has 0 amide bonds. The fourth-order valence-electron chi connectivity index (χ4n) is 2.13. The van der Waals surface area contributed by atoms with E-state index in [-0.39, 0.29) is 29.7 Å². The monoisotopic (exact) mass is 426 g/mol. The van der Waals surface area contributed by atoms with E-state index in [0.29, 0.717) is 12.5 Å². The molecule has 0 aromatic heterocycles. The van der Waals surface area contributed by atoms with Crippen molar-refractivity contribution in [3.63, 3.8) is 0 Å². The zero-order valence-electron chi connectivity index (χ0n) is 12.9. The molecule has 0 aliphatic heterocycles. The van der Waals surface area contributed by atoms with Crippen LogP contribution in [0, 0.1) is 24.0 Å². The maximum atomic E-state index is 10.6. The molecule has 0 unspecified atom stereocenters. The third-order valence-corrected chi connectivity index (χ3v) is 3.07. The van der Waals surface area contributed by atoms with Gasteiger partial charge in [0, 0.05) is 17.8 Å². The molecular formula is C16H19IN4O2. The van der Waals surface area contributed by atoms with Gasteiger partial charge in [-0.2, -0.15) is 0 Å². The molecule has 2 rings (SSSR count). The van der Waals surface area contributed by atoms with Crippen LogP contribution in [0.1, 0.15) is 16.7 Å². The molecule has 0 saturated heterocycles. The Morgan fingerprint density at radius 1 is 1.17 bits per heavy atom. The standard InChI is InChI=1S/C16H18N4O2.HI/c1-11-7-12(2)9-14(8-11)19-16(17)18-10-13-3-5-15(6-4-13)20(21)22;/h3-9H,10H2,1-2H3,(H3,17,18,19);1H. The van der Waals surface area contributed by atoms with Gasteiger partial charge in [0.1, 0.15) is 0 Å². The number of halogens is 1. The fourth-order valence-corrected chi connectivity index (χ4v) is 2.13. The number of nitro groups is 1. The summed E-state index contributed by atoms with van der Waals surface area (Å²) < 4.78 is 0. The molecular weight excluding hydrogens is 407 g/mol. The number of rotatable bonds is 4. The molecule has 7 heteroatoms. The number of anilines is 1. The number of aryl methyl sites for hydroxylation is 2. The van der Waals surface area contributed by atoms with Gasteiger partial charge in [0.25, 0.3) is 5.69 Å². The Kier molecular flexibility index (Phi) is 6.95. The molecule has 0 spiro atoms. The lowest BCUT2D eigenvalue weighted by atomic mass is 10.1. The Balaban J connectivity index is 0.00000264. The molecule has 0 heterocycles. The van der Waals surface area contributed by atoms with Crippen molar-refractivity contribution < 1.29 is 4.92 Å². The van der Waals surface area contributed by atoms with Crippen LogP contribution in [-0.4, -0.2) is 10.9 Å². The molecule has 0 atom stereocenters. The van der Waals surface area contributed by atoms with Gasteiger partial charge in [-0.15, -0.1) is 24.0 Å². The molecule has 0 radical (unpaired) electrons. The molecule has 0 aliphatic carbocycles. The van der Waals surface area contributed by atoms with Crippen molar-refractivity contribution in [2.75, 3.05) is 5.32 Å². The van der Waals surface area contributed by atoms with Crippen LogP contribution in [0.4, 0.5) is 11.4 Å². The highest BCUT2D eigenvalue weighted by atomic mass is 127. The maximum Gasteiger partial charge on any atom is 0.269 e. The summed E-state index contributed by atoms with van der Waals surface area (Å²) in [5.74, 6) is 0.309. The van der Waals surface area contributed by atoms with Crippen molar-refractivity contribution in [3.8, 4) is 0 Å². The lowest BCUT2D eigenvalue weighted by Gasteiger charge is -2.08. The SMILES string of the molecule is Cc1cc(C)cc(NC(N)=NCc2ccc([N+](=O)[O-])cc2)c1.I. The van der Waals surface area contributed by atoms with Gasteiger partial charge in [-0.25, -0.2) is 4.99 Å². The molecule has 2 aromatic rings. The molecule has 122 valence electrons. The van der Waals surface area contributed by atoms with E-state index in [4.69, 9.17) is 5.73 Å². The van der Waals surface area contributed by atoms with Crippen molar-refractivity contribution in [3.05, 3.63) is 69.3 Å². The van der Waals surface area contributed by atoms with Gasteiger partial charge < -0.3 is 11.1 Å². The molecule has 0 fully saturated rings. The predicted molar refractivity (Wildman–Crippen MR) is 103 cm³/mol. The van der Waals surface area contributed by atoms with Gasteiger partial charge in [0.05, 0.1) is 11.5 Å². The van der Waals surface area contributed by atoms with E-state index in [2.05, 4.69) is 16.4 Å². The molecule has 0 bridgehead atoms. The van der Waals surface area contributed by atoms with Crippen molar-refractivity contribution in [2.45, 2.75) is 20.4 Å². The normalized spacial score (nSPS) is 10.8. The number of guanidine groups is 1. The second-order valence-corrected chi connectivity index (χ2v) is 5.13. The first-order valence-electron chi connectivity index (χ1n) is 6.82. The quantitative estimate of drug-likeness (QED) is 0.256. The van der Waals surface area contributed by atoms with E-state index in [1.54, 1.807) is 12.1 Å². The average Bonchev–Trinajstić information content (AvgIpc) is 2.44. The van der Waals surface area contributed by atoms with Gasteiger partial charge in [-0.1, -0.05) is 18.2 Å². The first-order valence-corrected chi connectivity index (χ1v) is 6.82. The minimum atomic E-state index is -0.428. The van der Waals surface area contributed by atoms with Crippen LogP contribution in [0.5, 0.6) is 0 Å². The zero-order valence-corrected chi connectivity index (χ0v) is 15.3. The van der Waals surface area contributed by atoms with Crippen LogP contribution in [0.15, 0.2) is 47.5 Å². The Morgan fingerprint density at radius 3 is 2.26 bits per heavy atom. The van der Waals surface area contributed by atoms with Crippen LogP contribution < -0.4 is 11.1 Å². The highest BCUT2D eigenvalue weighted by Crippen LogP contribution is 2.14. The Hall–Kier alpha value is -2.16. The third kappa shape index (κ3) is 5.85. The molecule has 3 N–H and O–H groups in total. The number of aliphatic imine (C=N–C) groups is 1. The largest absolute Gasteiger partial charge is 0.370 e. The minimum absolute atomic E-state index is 0. The van der Waals surface area contributed by atoms with Gasteiger partial charge >= 0.3 is 0 Å². The molecule has 0 saturated carbocycles. The summed E-state index contributed by atoms with van der Waals surface area (Å²) in [6, 6.07) is 12.3. The first-order chi connectivity index (χ1) is 10.4. The summed E-state index contributed by atoms with van der Waals surface area (Å²) >= 11 is 0. The number of benzene rings is 2. The predicted octanol–water partition coefficient (Wildman–Crippen LogP) is 3.76. The molecule has 0 aliphatic rings. The van der Waals surface area contributed by atoms with E-state index in [1.165, 1.54) is 12.1 Å². The van der Waals surface area contributed by atoms with E-state index in [1.807, 2.05) is 26.0 Å². The smallest absolute Gasteiger partial charge is 0.269 e. The van der Waals surface area contributed by atoms with Crippen molar-refractivity contribution in [2.24, 2.45) is 10.7 Å². The zero-order chi connectivity index (χ0) is 16.1. The number of nitro benzene ring substituents is 1. The summed E-state index contributed by atoms with van der Waals surface area (Å²) in [6.45, 7) is 4.40. The van der Waals surface area contributed by atoms with Crippen LogP contribution >= 0.6 is 24.0 Å². The minimum Gasteiger partial charge on any atom is -0.370 e. The fraction of sp³-hybridized carbons (Fsp3) is 0.188. The highest BCUT2D eigenvalue weighted by molar-refractivity contribution is 14.0. The van der Waals surface area contributed by atoms with Crippen LogP contribution in [0.3, 0.4) is 0 Å². The number of nitrogens with two attached hydrogens (primary N) is 1. The number of hydrogen-bond acceptors (Lipinski definition) is 3. The molecule has 6 nitrogen and oxygen atoms in total. The van der Waals surface area contributed by atoms with E-state index in [9.17, 15) is 10.1 Å². The number of hydrogen-bond donors (Lipinski definition) is 2. The van der Waals surface area contributed by atoms with Crippen LogP contribution in [0.2, 0.25) is 0 Å². The van der Waals surface area contributed by atoms with Gasteiger partial charge in [-0.3, -0.25) is 10.1 Å².